The lowest BCUT2D eigenvalue weighted by Gasteiger charge is -2.39. The molecular weight excluding hydrogens is 243 g/mol. The van der Waals surface area contributed by atoms with E-state index in [-0.39, 0.29) is 6.42 Å². The van der Waals surface area contributed by atoms with Crippen LogP contribution in [0.5, 0.6) is 0 Å². The van der Waals surface area contributed by atoms with Crippen molar-refractivity contribution in [1.82, 2.24) is 10.6 Å². The van der Waals surface area contributed by atoms with E-state index in [2.05, 4.69) is 10.6 Å². The molecule has 0 saturated carbocycles. The van der Waals surface area contributed by atoms with Crippen molar-refractivity contribution in [3.63, 3.8) is 0 Å². The number of nitrogens with two attached hydrogens (primary N) is 1. The Balaban J connectivity index is 1.77. The first-order chi connectivity index (χ1) is 8.50. The molecule has 4 unspecified atom stereocenters. The van der Waals surface area contributed by atoms with Gasteiger partial charge in [-0.2, -0.15) is 13.2 Å². The van der Waals surface area contributed by atoms with E-state index in [1.54, 1.807) is 0 Å². The Bertz CT molecular complexity index is 254. The average Bonchev–Trinajstić information content (AvgIpc) is 2.38. The normalized spacial score (nSPS) is 38.7. The van der Waals surface area contributed by atoms with Crippen LogP contribution in [0.15, 0.2) is 0 Å². The van der Waals surface area contributed by atoms with Gasteiger partial charge >= 0.3 is 6.18 Å². The molecule has 3 nitrogen and oxygen atoms in total. The first-order valence-electron chi connectivity index (χ1n) is 6.74. The van der Waals surface area contributed by atoms with Crippen LogP contribution >= 0.6 is 0 Å². The van der Waals surface area contributed by atoms with Crippen LogP contribution in [0.4, 0.5) is 13.2 Å². The highest BCUT2D eigenvalue weighted by Crippen LogP contribution is 2.32. The van der Waals surface area contributed by atoms with Crippen LogP contribution in [-0.4, -0.2) is 37.9 Å². The monoisotopic (exact) mass is 265 g/mol. The summed E-state index contributed by atoms with van der Waals surface area (Å²) in [5.41, 5.74) is 5.59. The quantitative estimate of drug-likeness (QED) is 0.704. The lowest BCUT2D eigenvalue weighted by Crippen LogP contribution is -2.52. The summed E-state index contributed by atoms with van der Waals surface area (Å²) in [6, 6.07) is -0.914. The highest BCUT2D eigenvalue weighted by Gasteiger charge is 2.42. The highest BCUT2D eigenvalue weighted by atomic mass is 19.4. The predicted octanol–water partition coefficient (Wildman–Crippen LogP) is 1.24. The molecule has 0 amide bonds. The van der Waals surface area contributed by atoms with Gasteiger partial charge in [0.15, 0.2) is 0 Å². The molecule has 2 aliphatic heterocycles. The Morgan fingerprint density at radius 2 is 1.56 bits per heavy atom. The Labute approximate surface area is 106 Å². The second-order valence-corrected chi connectivity index (χ2v) is 5.52. The first-order valence-corrected chi connectivity index (χ1v) is 6.74. The SMILES string of the molecule is NCC1CCC(C2CCC(C(F)(F)F)NC2)CN1. The molecule has 0 aromatic heterocycles. The number of nitrogens with one attached hydrogen (secondary N) is 2. The first kappa shape index (κ1) is 14.1. The minimum Gasteiger partial charge on any atom is -0.329 e. The maximum Gasteiger partial charge on any atom is 0.403 e. The summed E-state index contributed by atoms with van der Waals surface area (Å²) in [6.07, 6.45) is -1.08. The topological polar surface area (TPSA) is 50.1 Å². The minimum absolute atomic E-state index is 0.213. The highest BCUT2D eigenvalue weighted by molar-refractivity contribution is 4.89. The van der Waals surface area contributed by atoms with Crippen molar-refractivity contribution in [3.8, 4) is 0 Å². The van der Waals surface area contributed by atoms with Gasteiger partial charge in [0.2, 0.25) is 0 Å². The molecule has 6 heteroatoms. The molecule has 2 fully saturated rings. The van der Waals surface area contributed by atoms with E-state index in [0.29, 0.717) is 37.4 Å². The van der Waals surface area contributed by atoms with E-state index >= 15 is 0 Å². The fourth-order valence-corrected chi connectivity index (χ4v) is 3.10. The van der Waals surface area contributed by atoms with E-state index in [4.69, 9.17) is 5.73 Å². The minimum atomic E-state index is -4.10. The van der Waals surface area contributed by atoms with Gasteiger partial charge in [-0.25, -0.2) is 0 Å². The Hall–Kier alpha value is -0.330. The zero-order chi connectivity index (χ0) is 13.2. The van der Waals surface area contributed by atoms with Gasteiger partial charge in [0.05, 0.1) is 0 Å². The number of alkyl halides is 3. The molecule has 4 N–H and O–H groups in total. The summed E-state index contributed by atoms with van der Waals surface area (Å²) in [4.78, 5) is 0. The summed E-state index contributed by atoms with van der Waals surface area (Å²) < 4.78 is 37.6. The lowest BCUT2D eigenvalue weighted by atomic mass is 9.79. The fraction of sp³-hybridized carbons (Fsp3) is 1.00. The largest absolute Gasteiger partial charge is 0.403 e. The van der Waals surface area contributed by atoms with Crippen molar-refractivity contribution in [3.05, 3.63) is 0 Å². The van der Waals surface area contributed by atoms with Gasteiger partial charge in [0.1, 0.15) is 6.04 Å². The van der Waals surface area contributed by atoms with Gasteiger partial charge in [-0.05, 0) is 50.6 Å². The standard InChI is InChI=1S/C12H22F3N3/c13-12(14,15)11-4-2-9(7-18-11)8-1-3-10(5-16)17-6-8/h8-11,17-18H,1-7,16H2. The molecular formula is C12H22F3N3. The summed E-state index contributed by atoms with van der Waals surface area (Å²) in [5, 5.41) is 6.04. The van der Waals surface area contributed by atoms with E-state index in [0.717, 1.165) is 19.4 Å². The smallest absolute Gasteiger partial charge is 0.329 e. The third-order valence-corrected chi connectivity index (χ3v) is 4.35. The average molecular weight is 265 g/mol. The van der Waals surface area contributed by atoms with Crippen LogP contribution in [0, 0.1) is 11.8 Å². The van der Waals surface area contributed by atoms with Crippen LogP contribution in [0.3, 0.4) is 0 Å². The summed E-state index contributed by atoms with van der Waals surface area (Å²) >= 11 is 0. The number of hydrogen-bond acceptors (Lipinski definition) is 3. The summed E-state index contributed by atoms with van der Waals surface area (Å²) in [6.45, 7) is 2.03. The molecule has 0 bridgehead atoms. The summed E-state index contributed by atoms with van der Waals surface area (Å²) in [7, 11) is 0. The van der Waals surface area contributed by atoms with Crippen molar-refractivity contribution in [1.29, 1.82) is 0 Å². The van der Waals surface area contributed by atoms with Crippen molar-refractivity contribution in [2.45, 2.75) is 43.9 Å². The molecule has 2 saturated heterocycles. The second kappa shape index (κ2) is 5.75. The zero-order valence-electron chi connectivity index (χ0n) is 10.5. The molecule has 0 radical (unpaired) electrons. The maximum absolute atomic E-state index is 12.5. The van der Waals surface area contributed by atoms with Crippen molar-refractivity contribution in [2.75, 3.05) is 19.6 Å². The third kappa shape index (κ3) is 3.36. The Kier molecular flexibility index (Phi) is 4.50. The Morgan fingerprint density at radius 1 is 0.944 bits per heavy atom. The summed E-state index contributed by atoms with van der Waals surface area (Å²) in [5.74, 6) is 0.865. The maximum atomic E-state index is 12.5. The van der Waals surface area contributed by atoms with Crippen molar-refractivity contribution >= 4 is 0 Å². The number of hydrogen-bond donors (Lipinski definition) is 3. The van der Waals surface area contributed by atoms with Crippen LogP contribution in [-0.2, 0) is 0 Å². The molecule has 0 spiro atoms. The number of piperidine rings is 2. The molecule has 0 aromatic rings. The van der Waals surface area contributed by atoms with Crippen LogP contribution in [0.2, 0.25) is 0 Å². The van der Waals surface area contributed by atoms with E-state index in [1.165, 1.54) is 0 Å². The molecule has 2 aliphatic rings. The van der Waals surface area contributed by atoms with Gasteiger partial charge in [0, 0.05) is 12.6 Å². The molecule has 0 aromatic carbocycles. The van der Waals surface area contributed by atoms with Crippen molar-refractivity contribution < 1.29 is 13.2 Å². The van der Waals surface area contributed by atoms with Crippen LogP contribution < -0.4 is 16.4 Å². The van der Waals surface area contributed by atoms with E-state index in [9.17, 15) is 13.2 Å². The zero-order valence-corrected chi connectivity index (χ0v) is 10.5. The van der Waals surface area contributed by atoms with E-state index < -0.39 is 12.2 Å². The number of rotatable bonds is 2. The van der Waals surface area contributed by atoms with Gasteiger partial charge in [0.25, 0.3) is 0 Å². The molecule has 2 rings (SSSR count). The van der Waals surface area contributed by atoms with Crippen molar-refractivity contribution in [2.24, 2.45) is 17.6 Å². The number of halogens is 3. The van der Waals surface area contributed by atoms with Gasteiger partial charge in [-0.3, -0.25) is 0 Å². The lowest BCUT2D eigenvalue weighted by molar-refractivity contribution is -0.163. The van der Waals surface area contributed by atoms with Crippen LogP contribution in [0.1, 0.15) is 25.7 Å². The molecule has 2 heterocycles. The molecule has 18 heavy (non-hydrogen) atoms. The molecule has 106 valence electrons. The molecule has 4 atom stereocenters. The van der Waals surface area contributed by atoms with Gasteiger partial charge in [-0.1, -0.05) is 0 Å². The van der Waals surface area contributed by atoms with Crippen LogP contribution in [0.25, 0.3) is 0 Å². The predicted molar refractivity (Wildman–Crippen MR) is 64.1 cm³/mol. The van der Waals surface area contributed by atoms with E-state index in [1.807, 2.05) is 0 Å². The van der Waals surface area contributed by atoms with Gasteiger partial charge in [-0.15, -0.1) is 0 Å². The fourth-order valence-electron chi connectivity index (χ4n) is 3.10. The second-order valence-electron chi connectivity index (χ2n) is 5.52. The van der Waals surface area contributed by atoms with Gasteiger partial charge < -0.3 is 16.4 Å². The Morgan fingerprint density at radius 3 is 1.94 bits per heavy atom. The molecule has 0 aliphatic carbocycles. The third-order valence-electron chi connectivity index (χ3n) is 4.35.